The third-order valence-electron chi connectivity index (χ3n) is 9.26. The molecule has 8 N–H and O–H groups in total. The number of carbonyl (C=O) groups is 3. The van der Waals surface area contributed by atoms with Gasteiger partial charge in [-0.1, -0.05) is 52.0 Å². The van der Waals surface area contributed by atoms with Crippen LogP contribution in [0.3, 0.4) is 0 Å². The summed E-state index contributed by atoms with van der Waals surface area (Å²) in [4.78, 5) is 51.4. The molecule has 3 amide bonds. The lowest BCUT2D eigenvalue weighted by molar-refractivity contribution is -0.142. The smallest absolute Gasteiger partial charge is 0.361 e. The first-order chi connectivity index (χ1) is 25.4. The molecule has 284 valence electrons. The van der Waals surface area contributed by atoms with Crippen LogP contribution in [0.4, 0.5) is 13.2 Å². The number of rotatable bonds is 9. The number of unbranched alkanes of at least 4 members (excludes halogenated alkanes) is 1. The number of fused-ring (bicyclic) bond motifs is 3. The van der Waals surface area contributed by atoms with Gasteiger partial charge in [-0.05, 0) is 86.1 Å². The highest BCUT2D eigenvalue weighted by molar-refractivity contribution is 9.10. The standard InChI is InChI=1S/C37H44BrF3N8O3S/c1-49-31(17-23-20-45-28-10-3-2-9-26(23)28)34(51)47-21-24-16-25(38)18-27(37(39,40)41)32(24)53-35-22(8-7-15-44-35)19-46-29(12-6-14-43)33(50)48-30(36(49)52)11-4-5-13-42/h2-3,7-10,15-16,18,20,29-31,45-46H,4-6,11-14,17,19,21,42-43H2,1H3,(H,47,51)(H,48,50)/t29-,30-,31-/m0/s1. The van der Waals surface area contributed by atoms with Gasteiger partial charge in [0, 0.05) is 59.2 Å². The second kappa shape index (κ2) is 18.4. The second-order valence-electron chi connectivity index (χ2n) is 13.0. The molecule has 3 atom stereocenters. The van der Waals surface area contributed by atoms with Gasteiger partial charge in [-0.2, -0.15) is 13.2 Å². The predicted molar refractivity (Wildman–Crippen MR) is 202 cm³/mol. The van der Waals surface area contributed by atoms with Gasteiger partial charge < -0.3 is 37.3 Å². The van der Waals surface area contributed by atoms with Gasteiger partial charge in [0.2, 0.25) is 17.7 Å². The average molecular weight is 818 g/mol. The third kappa shape index (κ3) is 10.2. The zero-order valence-electron chi connectivity index (χ0n) is 29.3. The SMILES string of the molecule is CN1C(=O)[C@H](CCCCN)NC(=O)[C@H](CCCN)NCc2cccnc2Sc2c(cc(Br)cc2C(F)(F)F)CNC(=O)[C@@H]1Cc1c[nH]c2ccccc12. The van der Waals surface area contributed by atoms with E-state index in [-0.39, 0.29) is 40.9 Å². The monoisotopic (exact) mass is 816 g/mol. The van der Waals surface area contributed by atoms with E-state index in [4.69, 9.17) is 11.5 Å². The van der Waals surface area contributed by atoms with Crippen molar-refractivity contribution < 1.29 is 27.6 Å². The van der Waals surface area contributed by atoms with E-state index in [9.17, 15) is 27.6 Å². The van der Waals surface area contributed by atoms with Crippen molar-refractivity contribution in [1.82, 2.24) is 30.8 Å². The topological polar surface area (TPSA) is 171 Å². The summed E-state index contributed by atoms with van der Waals surface area (Å²) in [5.74, 6) is -1.50. The van der Waals surface area contributed by atoms with E-state index in [1.54, 1.807) is 18.3 Å². The number of alkyl halides is 3. The Kier molecular flexibility index (Phi) is 14.0. The van der Waals surface area contributed by atoms with Gasteiger partial charge in [-0.15, -0.1) is 0 Å². The highest BCUT2D eigenvalue weighted by Gasteiger charge is 2.37. The highest BCUT2D eigenvalue weighted by atomic mass is 79.9. The Morgan fingerprint density at radius 3 is 2.45 bits per heavy atom. The van der Waals surface area contributed by atoms with Gasteiger partial charge in [0.25, 0.3) is 0 Å². The third-order valence-corrected chi connectivity index (χ3v) is 11.0. The molecule has 2 aromatic carbocycles. The molecule has 4 aromatic rings. The zero-order chi connectivity index (χ0) is 38.1. The lowest BCUT2D eigenvalue weighted by atomic mass is 10.0. The van der Waals surface area contributed by atoms with Crippen LogP contribution in [0.15, 0.2) is 75.3 Å². The number of hydrogen-bond acceptors (Lipinski definition) is 8. The number of aromatic amines is 1. The van der Waals surface area contributed by atoms with Gasteiger partial charge in [-0.25, -0.2) is 4.98 Å². The predicted octanol–water partition coefficient (Wildman–Crippen LogP) is 5.01. The first-order valence-corrected chi connectivity index (χ1v) is 19.1. The molecular weight excluding hydrogens is 773 g/mol. The lowest BCUT2D eigenvalue weighted by Gasteiger charge is -2.32. The van der Waals surface area contributed by atoms with E-state index in [0.717, 1.165) is 34.3 Å². The molecule has 3 heterocycles. The van der Waals surface area contributed by atoms with Gasteiger partial charge in [0.15, 0.2) is 0 Å². The van der Waals surface area contributed by atoms with Crippen LogP contribution in [0, 0.1) is 0 Å². The fourth-order valence-corrected chi connectivity index (χ4v) is 8.01. The van der Waals surface area contributed by atoms with Crippen molar-refractivity contribution in [3.8, 4) is 0 Å². The molecule has 53 heavy (non-hydrogen) atoms. The quantitative estimate of drug-likeness (QED) is 0.128. The Labute approximate surface area is 318 Å². The van der Waals surface area contributed by atoms with E-state index in [1.807, 2.05) is 24.3 Å². The number of likely N-dealkylation sites (N-methyl/N-ethyl adjacent to an activating group) is 1. The van der Waals surface area contributed by atoms with E-state index < -0.39 is 47.6 Å². The maximum absolute atomic E-state index is 14.6. The minimum Gasteiger partial charge on any atom is -0.361 e. The van der Waals surface area contributed by atoms with Crippen LogP contribution in [0.25, 0.3) is 10.9 Å². The lowest BCUT2D eigenvalue weighted by Crippen LogP contribution is -2.57. The summed E-state index contributed by atoms with van der Waals surface area (Å²) in [5, 5.41) is 10.2. The second-order valence-corrected chi connectivity index (χ2v) is 14.9. The van der Waals surface area contributed by atoms with Crippen LogP contribution >= 0.6 is 27.7 Å². The van der Waals surface area contributed by atoms with Crippen LogP contribution in [-0.2, 0) is 40.1 Å². The Balaban J connectivity index is 1.62. The Morgan fingerprint density at radius 1 is 0.943 bits per heavy atom. The molecule has 0 saturated heterocycles. The van der Waals surface area contributed by atoms with Gasteiger partial charge in [0.05, 0.1) is 11.6 Å². The summed E-state index contributed by atoms with van der Waals surface area (Å²) in [7, 11) is 1.51. The van der Waals surface area contributed by atoms with E-state index >= 15 is 0 Å². The number of halogens is 4. The Hall–Kier alpha value is -3.96. The van der Waals surface area contributed by atoms with Crippen LogP contribution < -0.4 is 27.4 Å². The molecule has 0 spiro atoms. The molecule has 5 rings (SSSR count). The number of H-pyrrole nitrogens is 1. The normalized spacial score (nSPS) is 19.3. The molecule has 0 fully saturated rings. The van der Waals surface area contributed by atoms with E-state index in [0.29, 0.717) is 49.4 Å². The summed E-state index contributed by atoms with van der Waals surface area (Å²) < 4.78 is 44.1. The maximum Gasteiger partial charge on any atom is 0.417 e. The first-order valence-electron chi connectivity index (χ1n) is 17.5. The fraction of sp³-hybridized carbons (Fsp3) is 0.405. The summed E-state index contributed by atoms with van der Waals surface area (Å²) >= 11 is 4.08. The molecule has 0 radical (unpaired) electrons. The molecule has 1 aliphatic rings. The highest BCUT2D eigenvalue weighted by Crippen LogP contribution is 2.43. The number of hydrogen-bond donors (Lipinski definition) is 6. The Bertz CT molecular complexity index is 1910. The van der Waals surface area contributed by atoms with Crippen LogP contribution in [-0.4, -0.2) is 70.9 Å². The fourth-order valence-electron chi connectivity index (χ4n) is 6.38. The number of para-hydroxylation sites is 1. The number of aromatic nitrogens is 2. The molecule has 0 saturated carbocycles. The summed E-state index contributed by atoms with van der Waals surface area (Å²) in [6.45, 7) is 0.545. The molecule has 0 unspecified atom stereocenters. The van der Waals surface area contributed by atoms with Gasteiger partial charge >= 0.3 is 6.18 Å². The molecule has 0 aliphatic carbocycles. The maximum atomic E-state index is 14.6. The van der Waals surface area contributed by atoms with E-state index in [2.05, 4.69) is 41.8 Å². The van der Waals surface area contributed by atoms with Crippen LogP contribution in [0.5, 0.6) is 0 Å². The number of nitrogens with one attached hydrogen (secondary N) is 4. The van der Waals surface area contributed by atoms with Gasteiger partial charge in [-0.3, -0.25) is 14.4 Å². The summed E-state index contributed by atoms with van der Waals surface area (Å²) in [6.07, 6.45) is 0.903. The average Bonchev–Trinajstić information content (AvgIpc) is 3.55. The van der Waals surface area contributed by atoms with Crippen LogP contribution in [0.2, 0.25) is 0 Å². The molecule has 1 aliphatic heterocycles. The number of amides is 3. The number of nitrogens with two attached hydrogens (primary N) is 2. The van der Waals surface area contributed by atoms with E-state index in [1.165, 1.54) is 24.2 Å². The molecule has 0 bridgehead atoms. The summed E-state index contributed by atoms with van der Waals surface area (Å²) in [5.41, 5.74) is 13.1. The zero-order valence-corrected chi connectivity index (χ0v) is 31.7. The molecule has 16 heteroatoms. The van der Waals surface area contributed by atoms with Crippen molar-refractivity contribution in [2.24, 2.45) is 11.5 Å². The van der Waals surface area contributed by atoms with Crippen molar-refractivity contribution >= 4 is 56.3 Å². The summed E-state index contributed by atoms with van der Waals surface area (Å²) in [6, 6.07) is 10.6. The minimum absolute atomic E-state index is 0.0907. The van der Waals surface area contributed by atoms with Crippen molar-refractivity contribution in [2.75, 3.05) is 20.1 Å². The van der Waals surface area contributed by atoms with Gasteiger partial charge in [0.1, 0.15) is 17.1 Å². The van der Waals surface area contributed by atoms with Crippen LogP contribution in [0.1, 0.15) is 54.4 Å². The molecule has 11 nitrogen and oxygen atoms in total. The van der Waals surface area contributed by atoms with Crippen molar-refractivity contribution in [2.45, 2.75) is 85.8 Å². The van der Waals surface area contributed by atoms with Crippen molar-refractivity contribution in [1.29, 1.82) is 0 Å². The number of pyridine rings is 1. The number of carbonyl (C=O) groups excluding carboxylic acids is 3. The largest absolute Gasteiger partial charge is 0.417 e. The molecule has 2 aromatic heterocycles. The number of benzene rings is 2. The number of nitrogens with zero attached hydrogens (tertiary/aromatic N) is 2. The Morgan fingerprint density at radius 2 is 1.70 bits per heavy atom. The molecular formula is C37H44BrF3N8O3S. The van der Waals surface area contributed by atoms with Crippen molar-refractivity contribution in [3.05, 3.63) is 87.7 Å². The van der Waals surface area contributed by atoms with Crippen molar-refractivity contribution in [3.63, 3.8) is 0 Å². The first kappa shape index (κ1) is 40.2. The minimum atomic E-state index is -4.73.